The van der Waals surface area contributed by atoms with Crippen LogP contribution in [-0.4, -0.2) is 55.0 Å². The standard InChI is InChI=1S/C17H24N2O4/c1-22-17(21)15-14(6-11-23-15)12-18-9-4-13(5-10-18)16(20)19-7-2-3-8-19/h6,11,13H,2-5,7-10,12H2,1H3. The van der Waals surface area contributed by atoms with E-state index < -0.39 is 5.97 Å². The van der Waals surface area contributed by atoms with Gasteiger partial charge in [-0.2, -0.15) is 0 Å². The normalized spacial score (nSPS) is 20.0. The minimum absolute atomic E-state index is 0.161. The van der Waals surface area contributed by atoms with E-state index >= 15 is 0 Å². The van der Waals surface area contributed by atoms with Gasteiger partial charge in [-0.3, -0.25) is 9.69 Å². The summed E-state index contributed by atoms with van der Waals surface area (Å²) in [6, 6.07) is 1.81. The average molecular weight is 320 g/mol. The van der Waals surface area contributed by atoms with Crippen molar-refractivity contribution in [1.82, 2.24) is 9.80 Å². The second kappa shape index (κ2) is 7.17. The molecule has 6 nitrogen and oxygen atoms in total. The van der Waals surface area contributed by atoms with E-state index in [1.54, 1.807) is 0 Å². The number of rotatable bonds is 4. The predicted octanol–water partition coefficient (Wildman–Crippen LogP) is 1.90. The van der Waals surface area contributed by atoms with Gasteiger partial charge in [0, 0.05) is 31.1 Å². The summed E-state index contributed by atoms with van der Waals surface area (Å²) in [5.74, 6) is 0.335. The molecule has 126 valence electrons. The SMILES string of the molecule is COC(=O)c1occc1CN1CCC(C(=O)N2CCCC2)CC1. The van der Waals surface area contributed by atoms with Crippen LogP contribution in [0.25, 0.3) is 0 Å². The topological polar surface area (TPSA) is 63.0 Å². The Balaban J connectivity index is 1.52. The number of piperidine rings is 1. The molecule has 0 atom stereocenters. The molecule has 0 aliphatic carbocycles. The van der Waals surface area contributed by atoms with E-state index in [-0.39, 0.29) is 11.7 Å². The van der Waals surface area contributed by atoms with Gasteiger partial charge in [0.25, 0.3) is 0 Å². The van der Waals surface area contributed by atoms with Crippen LogP contribution in [0.3, 0.4) is 0 Å². The Kier molecular flexibility index (Phi) is 5.00. The zero-order valence-electron chi connectivity index (χ0n) is 13.6. The van der Waals surface area contributed by atoms with E-state index in [1.165, 1.54) is 13.4 Å². The number of carbonyl (C=O) groups excluding carboxylic acids is 2. The van der Waals surface area contributed by atoms with Crippen molar-refractivity contribution in [2.45, 2.75) is 32.2 Å². The first-order valence-corrected chi connectivity index (χ1v) is 8.35. The van der Waals surface area contributed by atoms with Gasteiger partial charge in [0.1, 0.15) is 0 Å². The number of likely N-dealkylation sites (tertiary alicyclic amines) is 2. The zero-order chi connectivity index (χ0) is 16.2. The predicted molar refractivity (Wildman–Crippen MR) is 83.9 cm³/mol. The molecule has 0 saturated carbocycles. The maximum absolute atomic E-state index is 12.4. The first-order chi connectivity index (χ1) is 11.2. The van der Waals surface area contributed by atoms with Crippen molar-refractivity contribution in [3.8, 4) is 0 Å². The van der Waals surface area contributed by atoms with Gasteiger partial charge in [0.15, 0.2) is 0 Å². The molecule has 0 bridgehead atoms. The molecule has 2 saturated heterocycles. The van der Waals surface area contributed by atoms with Crippen LogP contribution >= 0.6 is 0 Å². The second-order valence-corrected chi connectivity index (χ2v) is 6.35. The fraction of sp³-hybridized carbons (Fsp3) is 0.647. The highest BCUT2D eigenvalue weighted by Crippen LogP contribution is 2.24. The van der Waals surface area contributed by atoms with Gasteiger partial charge in [-0.05, 0) is 44.8 Å². The van der Waals surface area contributed by atoms with E-state index in [4.69, 9.17) is 9.15 Å². The molecular weight excluding hydrogens is 296 g/mol. The molecule has 1 aromatic heterocycles. The number of ether oxygens (including phenoxy) is 1. The van der Waals surface area contributed by atoms with Gasteiger partial charge in [-0.1, -0.05) is 0 Å². The third-order valence-corrected chi connectivity index (χ3v) is 4.87. The van der Waals surface area contributed by atoms with Crippen LogP contribution in [0.1, 0.15) is 41.8 Å². The van der Waals surface area contributed by atoms with Crippen LogP contribution < -0.4 is 0 Å². The number of esters is 1. The smallest absolute Gasteiger partial charge is 0.374 e. The van der Waals surface area contributed by atoms with Crippen LogP contribution in [0, 0.1) is 5.92 Å². The lowest BCUT2D eigenvalue weighted by Crippen LogP contribution is -2.41. The lowest BCUT2D eigenvalue weighted by Gasteiger charge is -2.33. The molecule has 1 amide bonds. The van der Waals surface area contributed by atoms with E-state index in [0.29, 0.717) is 12.5 Å². The molecule has 2 aliphatic heterocycles. The van der Waals surface area contributed by atoms with Crippen molar-refractivity contribution in [3.05, 3.63) is 23.7 Å². The molecule has 1 aromatic rings. The molecule has 6 heteroatoms. The first kappa shape index (κ1) is 16.1. The van der Waals surface area contributed by atoms with Crippen LogP contribution in [0.2, 0.25) is 0 Å². The number of furan rings is 1. The van der Waals surface area contributed by atoms with Gasteiger partial charge in [-0.15, -0.1) is 0 Å². The molecule has 0 aromatic carbocycles. The third-order valence-electron chi connectivity index (χ3n) is 4.87. The maximum Gasteiger partial charge on any atom is 0.374 e. The molecule has 0 N–H and O–H groups in total. The van der Waals surface area contributed by atoms with Gasteiger partial charge < -0.3 is 14.1 Å². The zero-order valence-corrected chi connectivity index (χ0v) is 13.6. The number of hydrogen-bond donors (Lipinski definition) is 0. The second-order valence-electron chi connectivity index (χ2n) is 6.35. The number of nitrogens with zero attached hydrogens (tertiary/aromatic N) is 2. The Hall–Kier alpha value is -1.82. The molecular formula is C17H24N2O4. The molecule has 23 heavy (non-hydrogen) atoms. The quantitative estimate of drug-likeness (QED) is 0.793. The summed E-state index contributed by atoms with van der Waals surface area (Å²) in [5.41, 5.74) is 0.848. The van der Waals surface area contributed by atoms with E-state index in [9.17, 15) is 9.59 Å². The summed E-state index contributed by atoms with van der Waals surface area (Å²) in [7, 11) is 1.35. The fourth-order valence-corrected chi connectivity index (χ4v) is 3.51. The fourth-order valence-electron chi connectivity index (χ4n) is 3.51. The number of methoxy groups -OCH3 is 1. The lowest BCUT2D eigenvalue weighted by atomic mass is 9.95. The largest absolute Gasteiger partial charge is 0.463 e. The maximum atomic E-state index is 12.4. The van der Waals surface area contributed by atoms with Crippen molar-refractivity contribution < 1.29 is 18.7 Å². The lowest BCUT2D eigenvalue weighted by molar-refractivity contribution is -0.136. The van der Waals surface area contributed by atoms with Crippen molar-refractivity contribution in [2.75, 3.05) is 33.3 Å². The van der Waals surface area contributed by atoms with Gasteiger partial charge in [0.05, 0.1) is 13.4 Å². The first-order valence-electron chi connectivity index (χ1n) is 8.35. The van der Waals surface area contributed by atoms with E-state index in [0.717, 1.165) is 57.4 Å². The molecule has 0 radical (unpaired) electrons. The highest BCUT2D eigenvalue weighted by atomic mass is 16.5. The number of amides is 1. The highest BCUT2D eigenvalue weighted by Gasteiger charge is 2.30. The van der Waals surface area contributed by atoms with Crippen LogP contribution in [0.4, 0.5) is 0 Å². The van der Waals surface area contributed by atoms with Crippen LogP contribution in [-0.2, 0) is 16.1 Å². The van der Waals surface area contributed by atoms with Gasteiger partial charge in [0.2, 0.25) is 11.7 Å². The molecule has 0 unspecified atom stereocenters. The average Bonchev–Trinajstić information content (AvgIpc) is 3.26. The molecule has 0 spiro atoms. The van der Waals surface area contributed by atoms with Crippen LogP contribution in [0.5, 0.6) is 0 Å². The third kappa shape index (κ3) is 3.58. The Morgan fingerprint density at radius 2 is 1.91 bits per heavy atom. The summed E-state index contributed by atoms with van der Waals surface area (Å²) in [4.78, 5) is 28.4. The summed E-state index contributed by atoms with van der Waals surface area (Å²) >= 11 is 0. The number of hydrogen-bond acceptors (Lipinski definition) is 5. The molecule has 3 rings (SSSR count). The highest BCUT2D eigenvalue weighted by molar-refractivity contribution is 5.87. The Labute approximate surface area is 136 Å². The van der Waals surface area contributed by atoms with Gasteiger partial charge >= 0.3 is 5.97 Å². The van der Waals surface area contributed by atoms with Crippen molar-refractivity contribution >= 4 is 11.9 Å². The Bertz CT molecular complexity index is 555. The molecule has 2 fully saturated rings. The van der Waals surface area contributed by atoms with Gasteiger partial charge in [-0.25, -0.2) is 4.79 Å². The minimum Gasteiger partial charge on any atom is -0.463 e. The molecule has 2 aliphatic rings. The minimum atomic E-state index is -0.441. The number of carbonyl (C=O) groups is 2. The van der Waals surface area contributed by atoms with Crippen LogP contribution in [0.15, 0.2) is 16.7 Å². The summed E-state index contributed by atoms with van der Waals surface area (Å²) < 4.78 is 9.95. The van der Waals surface area contributed by atoms with Crippen molar-refractivity contribution in [3.63, 3.8) is 0 Å². The summed E-state index contributed by atoms with van der Waals surface area (Å²) in [5, 5.41) is 0. The Morgan fingerprint density at radius 3 is 2.57 bits per heavy atom. The summed E-state index contributed by atoms with van der Waals surface area (Å²) in [6.07, 6.45) is 5.58. The van der Waals surface area contributed by atoms with Crippen molar-refractivity contribution in [1.29, 1.82) is 0 Å². The van der Waals surface area contributed by atoms with Crippen molar-refractivity contribution in [2.24, 2.45) is 5.92 Å². The van der Waals surface area contributed by atoms with E-state index in [2.05, 4.69) is 4.90 Å². The molecule has 3 heterocycles. The summed E-state index contributed by atoms with van der Waals surface area (Å²) in [6.45, 7) is 4.25. The monoisotopic (exact) mass is 320 g/mol. The Morgan fingerprint density at radius 1 is 1.22 bits per heavy atom. The van der Waals surface area contributed by atoms with E-state index in [1.807, 2.05) is 11.0 Å².